The standard InChI is InChI=1S/C13H20N2O3S2/c16-5-4-15(12-3-6-20(17,18)9-12)7-11-8-19-13(14-11)10-1-2-10/h8,10,12,16H,1-7,9H2. The molecule has 1 N–H and O–H groups in total. The summed E-state index contributed by atoms with van der Waals surface area (Å²) in [6, 6.07) is 0.0261. The summed E-state index contributed by atoms with van der Waals surface area (Å²) in [6.07, 6.45) is 3.16. The van der Waals surface area contributed by atoms with E-state index in [-0.39, 0.29) is 24.2 Å². The molecule has 1 saturated carbocycles. The molecule has 0 spiro atoms. The first-order valence-corrected chi connectivity index (χ1v) is 9.77. The maximum Gasteiger partial charge on any atom is 0.151 e. The third-order valence-corrected chi connectivity index (χ3v) is 6.78. The SMILES string of the molecule is O=S1(=O)CCC(N(CCO)Cc2csc(C3CC3)n2)C1. The molecule has 1 aromatic heterocycles. The van der Waals surface area contributed by atoms with Crippen LogP contribution in [0.15, 0.2) is 5.38 Å². The highest BCUT2D eigenvalue weighted by molar-refractivity contribution is 7.91. The second kappa shape index (κ2) is 5.71. The van der Waals surface area contributed by atoms with Crippen LogP contribution in [0.25, 0.3) is 0 Å². The van der Waals surface area contributed by atoms with E-state index in [0.717, 1.165) is 5.69 Å². The van der Waals surface area contributed by atoms with E-state index < -0.39 is 9.84 Å². The van der Waals surface area contributed by atoms with Gasteiger partial charge in [0, 0.05) is 30.4 Å². The Morgan fingerprint density at radius 3 is 2.80 bits per heavy atom. The molecule has 1 aliphatic carbocycles. The van der Waals surface area contributed by atoms with Crippen LogP contribution in [-0.4, -0.2) is 54.1 Å². The summed E-state index contributed by atoms with van der Waals surface area (Å²) in [5.74, 6) is 1.14. The summed E-state index contributed by atoms with van der Waals surface area (Å²) in [4.78, 5) is 6.71. The van der Waals surface area contributed by atoms with Crippen molar-refractivity contribution in [1.82, 2.24) is 9.88 Å². The zero-order valence-corrected chi connectivity index (χ0v) is 13.0. The van der Waals surface area contributed by atoms with E-state index in [4.69, 9.17) is 0 Å². The lowest BCUT2D eigenvalue weighted by molar-refractivity contribution is 0.152. The first-order chi connectivity index (χ1) is 9.57. The first kappa shape index (κ1) is 14.4. The Kier molecular flexibility index (Phi) is 4.12. The van der Waals surface area contributed by atoms with Gasteiger partial charge in [0.15, 0.2) is 9.84 Å². The van der Waals surface area contributed by atoms with E-state index in [2.05, 4.69) is 15.3 Å². The number of thiazole rings is 1. The quantitative estimate of drug-likeness (QED) is 0.848. The summed E-state index contributed by atoms with van der Waals surface area (Å²) in [6.45, 7) is 1.20. The van der Waals surface area contributed by atoms with Crippen LogP contribution in [0.5, 0.6) is 0 Å². The molecule has 2 fully saturated rings. The Hall–Kier alpha value is -0.500. The largest absolute Gasteiger partial charge is 0.395 e. The van der Waals surface area contributed by atoms with Crippen molar-refractivity contribution < 1.29 is 13.5 Å². The van der Waals surface area contributed by atoms with E-state index in [1.807, 2.05) is 0 Å². The second-order valence-corrected chi connectivity index (χ2v) is 8.82. The fraction of sp³-hybridized carbons (Fsp3) is 0.769. The minimum atomic E-state index is -2.89. The molecule has 1 aliphatic heterocycles. The average Bonchev–Trinajstić information content (AvgIpc) is 3.04. The van der Waals surface area contributed by atoms with Crippen LogP contribution in [0.1, 0.15) is 35.9 Å². The lowest BCUT2D eigenvalue weighted by atomic mass is 10.2. The molecule has 3 rings (SSSR count). The number of nitrogens with zero attached hydrogens (tertiary/aromatic N) is 2. The van der Waals surface area contributed by atoms with Gasteiger partial charge in [-0.2, -0.15) is 0 Å². The van der Waals surface area contributed by atoms with Crippen LogP contribution in [0, 0.1) is 0 Å². The third-order valence-electron chi connectivity index (χ3n) is 3.97. The van der Waals surface area contributed by atoms with Gasteiger partial charge in [-0.1, -0.05) is 0 Å². The van der Waals surface area contributed by atoms with Gasteiger partial charge in [0.05, 0.1) is 28.8 Å². The summed E-state index contributed by atoms with van der Waals surface area (Å²) < 4.78 is 23.2. The molecule has 2 aliphatic rings. The molecular weight excluding hydrogens is 296 g/mol. The molecule has 0 bridgehead atoms. The van der Waals surface area contributed by atoms with E-state index in [1.165, 1.54) is 17.8 Å². The van der Waals surface area contributed by atoms with Crippen LogP contribution in [-0.2, 0) is 16.4 Å². The molecule has 7 heteroatoms. The van der Waals surface area contributed by atoms with Crippen molar-refractivity contribution >= 4 is 21.2 Å². The van der Waals surface area contributed by atoms with Gasteiger partial charge in [0.1, 0.15) is 0 Å². The van der Waals surface area contributed by atoms with Gasteiger partial charge < -0.3 is 5.11 Å². The van der Waals surface area contributed by atoms with Gasteiger partial charge in [-0.15, -0.1) is 11.3 Å². The van der Waals surface area contributed by atoms with Gasteiger partial charge in [-0.05, 0) is 19.3 Å². The van der Waals surface area contributed by atoms with Crippen LogP contribution in [0.2, 0.25) is 0 Å². The zero-order chi connectivity index (χ0) is 14.2. The zero-order valence-electron chi connectivity index (χ0n) is 11.4. The van der Waals surface area contributed by atoms with Gasteiger partial charge in [-0.3, -0.25) is 4.90 Å². The van der Waals surface area contributed by atoms with Crippen LogP contribution in [0.3, 0.4) is 0 Å². The van der Waals surface area contributed by atoms with Crippen molar-refractivity contribution in [2.45, 2.75) is 37.8 Å². The number of hydrogen-bond donors (Lipinski definition) is 1. The van der Waals surface area contributed by atoms with Gasteiger partial charge in [0.25, 0.3) is 0 Å². The van der Waals surface area contributed by atoms with Gasteiger partial charge in [-0.25, -0.2) is 13.4 Å². The highest BCUT2D eigenvalue weighted by Crippen LogP contribution is 2.41. The Balaban J connectivity index is 1.66. The van der Waals surface area contributed by atoms with Crippen LogP contribution >= 0.6 is 11.3 Å². The number of aromatic nitrogens is 1. The number of rotatable bonds is 6. The smallest absolute Gasteiger partial charge is 0.151 e. The molecule has 2 heterocycles. The van der Waals surface area contributed by atoms with E-state index >= 15 is 0 Å². The molecule has 5 nitrogen and oxygen atoms in total. The normalized spacial score (nSPS) is 25.4. The summed E-state index contributed by atoms with van der Waals surface area (Å²) in [5.41, 5.74) is 1.01. The molecule has 0 aromatic carbocycles. The van der Waals surface area contributed by atoms with Crippen molar-refractivity contribution in [1.29, 1.82) is 0 Å². The Labute approximate surface area is 123 Å². The van der Waals surface area contributed by atoms with Crippen LogP contribution < -0.4 is 0 Å². The molecule has 1 unspecified atom stereocenters. The lowest BCUT2D eigenvalue weighted by Gasteiger charge is -2.26. The van der Waals surface area contributed by atoms with Gasteiger partial charge >= 0.3 is 0 Å². The van der Waals surface area contributed by atoms with Crippen molar-refractivity contribution in [3.63, 3.8) is 0 Å². The average molecular weight is 316 g/mol. The molecule has 0 amide bonds. The molecular formula is C13H20N2O3S2. The number of aliphatic hydroxyl groups excluding tert-OH is 1. The molecule has 1 aromatic rings. The van der Waals surface area contributed by atoms with E-state index in [9.17, 15) is 13.5 Å². The highest BCUT2D eigenvalue weighted by atomic mass is 32.2. The van der Waals surface area contributed by atoms with E-state index in [0.29, 0.717) is 25.4 Å². The first-order valence-electron chi connectivity index (χ1n) is 7.07. The molecule has 1 saturated heterocycles. The minimum absolute atomic E-state index is 0.0261. The lowest BCUT2D eigenvalue weighted by Crippen LogP contribution is -2.37. The molecule has 1 atom stereocenters. The number of sulfone groups is 1. The topological polar surface area (TPSA) is 70.5 Å². The maximum absolute atomic E-state index is 11.6. The van der Waals surface area contributed by atoms with E-state index in [1.54, 1.807) is 11.3 Å². The molecule has 0 radical (unpaired) electrons. The maximum atomic E-state index is 11.6. The minimum Gasteiger partial charge on any atom is -0.395 e. The Morgan fingerprint density at radius 1 is 1.40 bits per heavy atom. The summed E-state index contributed by atoms with van der Waals surface area (Å²) in [7, 11) is -2.89. The van der Waals surface area contributed by atoms with Crippen molar-refractivity contribution in [3.8, 4) is 0 Å². The van der Waals surface area contributed by atoms with Crippen molar-refractivity contribution in [2.75, 3.05) is 24.7 Å². The van der Waals surface area contributed by atoms with Crippen LogP contribution in [0.4, 0.5) is 0 Å². The van der Waals surface area contributed by atoms with Crippen molar-refractivity contribution in [2.24, 2.45) is 0 Å². The third kappa shape index (κ3) is 3.39. The second-order valence-electron chi connectivity index (χ2n) is 5.70. The molecule has 20 heavy (non-hydrogen) atoms. The molecule has 112 valence electrons. The number of aliphatic hydroxyl groups is 1. The number of hydrogen-bond acceptors (Lipinski definition) is 6. The fourth-order valence-electron chi connectivity index (χ4n) is 2.70. The Morgan fingerprint density at radius 2 is 2.20 bits per heavy atom. The van der Waals surface area contributed by atoms with Crippen molar-refractivity contribution in [3.05, 3.63) is 16.1 Å². The predicted molar refractivity (Wildman–Crippen MR) is 78.6 cm³/mol. The Bertz CT molecular complexity index is 566. The summed E-state index contributed by atoms with van der Waals surface area (Å²) >= 11 is 1.70. The summed E-state index contributed by atoms with van der Waals surface area (Å²) in [5, 5.41) is 12.5. The monoisotopic (exact) mass is 316 g/mol. The highest BCUT2D eigenvalue weighted by Gasteiger charge is 2.32. The van der Waals surface area contributed by atoms with Gasteiger partial charge in [0.2, 0.25) is 0 Å². The predicted octanol–water partition coefficient (Wildman–Crippen LogP) is 1.00. The fourth-order valence-corrected chi connectivity index (χ4v) is 5.45.